The highest BCUT2D eigenvalue weighted by Gasteiger charge is 2.11. The monoisotopic (exact) mass is 396 g/mol. The molecule has 6 heteroatoms. The Morgan fingerprint density at radius 1 is 0.815 bits per heavy atom. The number of fused-ring (bicyclic) bond motifs is 2. The number of hydrogen-bond acceptors (Lipinski definition) is 6. The molecule has 1 aromatic heterocycles. The number of hydrogen-bond donors (Lipinski definition) is 0. The summed E-state index contributed by atoms with van der Waals surface area (Å²) < 4.78 is 5.83. The third-order valence-corrected chi connectivity index (χ3v) is 5.31. The van der Waals surface area contributed by atoms with Gasteiger partial charge in [-0.2, -0.15) is 0 Å². The van der Waals surface area contributed by atoms with E-state index in [9.17, 15) is 14.4 Å². The van der Waals surface area contributed by atoms with E-state index in [-0.39, 0.29) is 15.7 Å². The predicted molar refractivity (Wildman–Crippen MR) is 111 cm³/mol. The van der Waals surface area contributed by atoms with Crippen LogP contribution in [0.3, 0.4) is 0 Å². The molecule has 0 saturated carbocycles. The van der Waals surface area contributed by atoms with Crippen molar-refractivity contribution < 1.29 is 14.0 Å². The van der Waals surface area contributed by atoms with Gasteiger partial charge >= 0.3 is 0 Å². The number of rotatable bonds is 4. The Kier molecular flexibility index (Phi) is 5.98. The molecule has 3 aromatic rings. The van der Waals surface area contributed by atoms with Gasteiger partial charge < -0.3 is 4.42 Å². The summed E-state index contributed by atoms with van der Waals surface area (Å²) in [6, 6.07) is 10.2. The first-order valence-corrected chi connectivity index (χ1v) is 9.84. The molecule has 0 radical (unpaired) electrons. The SMILES string of the molecule is C/C=C/C(=O)Sc1ccc2oc3ccc(SC(=O)/C=C/C)cc3c(=O)c2c1. The molecule has 0 fully saturated rings. The third-order valence-electron chi connectivity index (χ3n) is 3.65. The Morgan fingerprint density at radius 3 is 1.67 bits per heavy atom. The van der Waals surface area contributed by atoms with Crippen LogP contribution in [-0.4, -0.2) is 10.2 Å². The second-order valence-corrected chi connectivity index (χ2v) is 7.75. The van der Waals surface area contributed by atoms with Gasteiger partial charge in [-0.1, -0.05) is 12.2 Å². The molecule has 0 N–H and O–H groups in total. The van der Waals surface area contributed by atoms with Gasteiger partial charge in [0, 0.05) is 9.79 Å². The normalized spacial score (nSPS) is 11.8. The molecule has 0 aliphatic heterocycles. The van der Waals surface area contributed by atoms with Crippen LogP contribution in [0.5, 0.6) is 0 Å². The van der Waals surface area contributed by atoms with Gasteiger partial charge in [-0.3, -0.25) is 14.4 Å². The number of benzene rings is 2. The van der Waals surface area contributed by atoms with Crippen molar-refractivity contribution in [2.45, 2.75) is 23.6 Å². The number of allylic oxidation sites excluding steroid dienone is 2. The molecular formula is C21H16O4S2. The second-order valence-electron chi connectivity index (χ2n) is 5.59. The lowest BCUT2D eigenvalue weighted by atomic mass is 10.1. The van der Waals surface area contributed by atoms with Crippen molar-refractivity contribution in [3.05, 3.63) is 70.9 Å². The molecule has 0 atom stereocenters. The Hall–Kier alpha value is -2.57. The second kappa shape index (κ2) is 8.41. The third kappa shape index (κ3) is 4.40. The van der Waals surface area contributed by atoms with Crippen LogP contribution in [0.4, 0.5) is 0 Å². The fourth-order valence-electron chi connectivity index (χ4n) is 2.51. The van der Waals surface area contributed by atoms with Crippen LogP contribution in [0.15, 0.2) is 79.7 Å². The van der Waals surface area contributed by atoms with Crippen molar-refractivity contribution in [1.82, 2.24) is 0 Å². The first-order valence-electron chi connectivity index (χ1n) is 8.21. The summed E-state index contributed by atoms with van der Waals surface area (Å²) in [5.74, 6) is 0. The molecule has 2 aromatic carbocycles. The van der Waals surface area contributed by atoms with Crippen LogP contribution >= 0.6 is 23.5 Å². The quantitative estimate of drug-likeness (QED) is 0.337. The van der Waals surface area contributed by atoms with Crippen LogP contribution in [0.25, 0.3) is 21.9 Å². The summed E-state index contributed by atoms with van der Waals surface area (Å²) in [5.41, 5.74) is 0.731. The maximum atomic E-state index is 12.9. The maximum Gasteiger partial charge on any atom is 0.216 e. The lowest BCUT2D eigenvalue weighted by Gasteiger charge is -2.05. The van der Waals surface area contributed by atoms with E-state index >= 15 is 0 Å². The summed E-state index contributed by atoms with van der Waals surface area (Å²) in [7, 11) is 0. The first-order chi connectivity index (χ1) is 13.0. The summed E-state index contributed by atoms with van der Waals surface area (Å²) >= 11 is 2.10. The highest BCUT2D eigenvalue weighted by Crippen LogP contribution is 2.28. The lowest BCUT2D eigenvalue weighted by molar-refractivity contribution is -0.107. The molecule has 0 aliphatic carbocycles. The molecule has 27 heavy (non-hydrogen) atoms. The van der Waals surface area contributed by atoms with Gasteiger partial charge in [0.25, 0.3) is 0 Å². The van der Waals surface area contributed by atoms with Crippen molar-refractivity contribution in [3.63, 3.8) is 0 Å². The summed E-state index contributed by atoms with van der Waals surface area (Å²) in [4.78, 5) is 37.8. The van der Waals surface area contributed by atoms with Crippen LogP contribution < -0.4 is 5.43 Å². The van der Waals surface area contributed by atoms with Crippen LogP contribution in [0.2, 0.25) is 0 Å². The molecule has 4 nitrogen and oxygen atoms in total. The van der Waals surface area contributed by atoms with Gasteiger partial charge in [0.15, 0.2) is 0 Å². The van der Waals surface area contributed by atoms with Crippen molar-refractivity contribution in [3.8, 4) is 0 Å². The summed E-state index contributed by atoms with van der Waals surface area (Å²) in [5, 5.41) is 0.594. The predicted octanol–water partition coefficient (Wildman–Crippen LogP) is 5.34. The van der Waals surface area contributed by atoms with Gasteiger partial charge in [0.05, 0.1) is 10.8 Å². The van der Waals surface area contributed by atoms with E-state index in [1.807, 2.05) is 0 Å². The van der Waals surface area contributed by atoms with E-state index in [2.05, 4.69) is 0 Å². The number of carbonyl (C=O) groups excluding carboxylic acids is 2. The maximum absolute atomic E-state index is 12.9. The molecule has 0 spiro atoms. The average molecular weight is 396 g/mol. The van der Waals surface area contributed by atoms with Crippen LogP contribution in [0, 0.1) is 0 Å². The number of thioether (sulfide) groups is 2. The molecule has 1 heterocycles. The molecule has 0 bridgehead atoms. The topological polar surface area (TPSA) is 64.3 Å². The van der Waals surface area contributed by atoms with Gasteiger partial charge in [0.2, 0.25) is 15.7 Å². The zero-order chi connectivity index (χ0) is 19.4. The fraction of sp³-hybridized carbons (Fsp3) is 0.0952. The van der Waals surface area contributed by atoms with Gasteiger partial charge in [-0.25, -0.2) is 0 Å². The highest BCUT2D eigenvalue weighted by molar-refractivity contribution is 8.14. The minimum absolute atomic E-state index is 0.108. The van der Waals surface area contributed by atoms with Gasteiger partial charge in [0.1, 0.15) is 11.2 Å². The minimum Gasteiger partial charge on any atom is -0.456 e. The van der Waals surface area contributed by atoms with E-state index in [0.717, 1.165) is 23.5 Å². The van der Waals surface area contributed by atoms with E-state index < -0.39 is 0 Å². The molecular weight excluding hydrogens is 380 g/mol. The highest BCUT2D eigenvalue weighted by atomic mass is 32.2. The Labute approximate surface area is 164 Å². The smallest absolute Gasteiger partial charge is 0.216 e. The fourth-order valence-corrected chi connectivity index (χ4v) is 4.01. The molecule has 136 valence electrons. The van der Waals surface area contributed by atoms with Crippen LogP contribution in [0.1, 0.15) is 13.8 Å². The van der Waals surface area contributed by atoms with Gasteiger partial charge in [-0.05, 0) is 85.9 Å². The number of carbonyl (C=O) groups is 2. The molecule has 3 rings (SSSR count). The Morgan fingerprint density at radius 2 is 1.26 bits per heavy atom. The summed E-state index contributed by atoms with van der Waals surface area (Å²) in [6.45, 7) is 3.55. The van der Waals surface area contributed by atoms with Crippen molar-refractivity contribution in [2.75, 3.05) is 0 Å². The van der Waals surface area contributed by atoms with Crippen molar-refractivity contribution in [2.24, 2.45) is 0 Å². The van der Waals surface area contributed by atoms with Crippen LogP contribution in [-0.2, 0) is 9.59 Å². The largest absolute Gasteiger partial charge is 0.456 e. The van der Waals surface area contributed by atoms with E-state index in [1.165, 1.54) is 12.2 Å². The Bertz CT molecular complexity index is 1070. The van der Waals surface area contributed by atoms with E-state index in [0.29, 0.717) is 31.7 Å². The lowest BCUT2D eigenvalue weighted by Crippen LogP contribution is -2.02. The Balaban J connectivity index is 2.07. The molecule has 0 aliphatic rings. The molecule has 0 saturated heterocycles. The van der Waals surface area contributed by atoms with Crippen molar-refractivity contribution in [1.29, 1.82) is 0 Å². The minimum atomic E-state index is -0.187. The van der Waals surface area contributed by atoms with E-state index in [4.69, 9.17) is 4.42 Å². The zero-order valence-electron chi connectivity index (χ0n) is 14.7. The standard InChI is InChI=1S/C21H16O4S2/c1-3-5-19(22)26-13-7-9-17-15(11-13)21(24)16-12-14(8-10-18(16)25-17)27-20(23)6-4-2/h3-12H,1-2H3/b5-3+,6-4+. The zero-order valence-corrected chi connectivity index (χ0v) is 16.4. The first kappa shape index (κ1) is 19.2. The van der Waals surface area contributed by atoms with Crippen molar-refractivity contribution >= 4 is 55.7 Å². The van der Waals surface area contributed by atoms with Gasteiger partial charge in [-0.15, -0.1) is 0 Å². The molecule has 0 amide bonds. The summed E-state index contributed by atoms with van der Waals surface area (Å²) in [6.07, 6.45) is 6.30. The van der Waals surface area contributed by atoms with E-state index in [1.54, 1.807) is 62.4 Å². The average Bonchev–Trinajstić information content (AvgIpc) is 2.63. The molecule has 0 unspecified atom stereocenters.